The van der Waals surface area contributed by atoms with Gasteiger partial charge in [0.25, 0.3) is 0 Å². The predicted molar refractivity (Wildman–Crippen MR) is 143 cm³/mol. The number of carbonyl (C=O) groups excluding carboxylic acids is 3. The molecule has 0 unspecified atom stereocenters. The number of amides is 2. The van der Waals surface area contributed by atoms with E-state index >= 15 is 0 Å². The number of hydrogen-bond acceptors (Lipinski definition) is 5. The van der Waals surface area contributed by atoms with Gasteiger partial charge in [0, 0.05) is 22.2 Å². The monoisotopic (exact) mass is 504 g/mol. The Morgan fingerprint density at radius 2 is 1.78 bits per heavy atom. The fourth-order valence-corrected chi connectivity index (χ4v) is 5.39. The molecule has 0 bridgehead atoms. The fourth-order valence-electron chi connectivity index (χ4n) is 4.69. The highest BCUT2D eigenvalue weighted by molar-refractivity contribution is 7.10. The zero-order chi connectivity index (χ0) is 25.5. The van der Waals surface area contributed by atoms with Crippen LogP contribution in [0, 0.1) is 0 Å². The van der Waals surface area contributed by atoms with Crippen molar-refractivity contribution in [1.29, 1.82) is 0 Å². The molecule has 4 rings (SSSR count). The molecule has 2 aromatic carbocycles. The molecule has 0 spiro atoms. The second kappa shape index (κ2) is 12.0. The van der Waals surface area contributed by atoms with Crippen LogP contribution < -0.4 is 15.0 Å². The van der Waals surface area contributed by atoms with Gasteiger partial charge in [0.2, 0.25) is 11.8 Å². The normalized spacial score (nSPS) is 14.6. The lowest BCUT2D eigenvalue weighted by Gasteiger charge is -2.33. The summed E-state index contributed by atoms with van der Waals surface area (Å²) < 4.78 is 5.32. The number of anilines is 1. The number of nitrogens with one attached hydrogen (secondary N) is 1. The van der Waals surface area contributed by atoms with E-state index in [9.17, 15) is 14.4 Å². The summed E-state index contributed by atoms with van der Waals surface area (Å²) in [5.41, 5.74) is 1.68. The summed E-state index contributed by atoms with van der Waals surface area (Å²) in [7, 11) is 1.59. The van der Waals surface area contributed by atoms with Gasteiger partial charge >= 0.3 is 0 Å². The summed E-state index contributed by atoms with van der Waals surface area (Å²) in [6.07, 6.45) is 5.37. The first kappa shape index (κ1) is 25.6. The second-order valence-corrected chi connectivity index (χ2v) is 10.2. The van der Waals surface area contributed by atoms with Gasteiger partial charge in [-0.2, -0.15) is 0 Å². The molecule has 3 aromatic rings. The van der Waals surface area contributed by atoms with E-state index in [1.54, 1.807) is 48.4 Å². The van der Waals surface area contributed by atoms with Crippen molar-refractivity contribution in [2.75, 3.05) is 12.0 Å². The highest BCUT2D eigenvalue weighted by Crippen LogP contribution is 2.32. The molecule has 0 saturated heterocycles. The van der Waals surface area contributed by atoms with E-state index in [2.05, 4.69) is 5.32 Å². The van der Waals surface area contributed by atoms with E-state index in [4.69, 9.17) is 4.74 Å². The average Bonchev–Trinajstić information content (AvgIpc) is 3.41. The van der Waals surface area contributed by atoms with Crippen LogP contribution in [-0.4, -0.2) is 30.7 Å². The third kappa shape index (κ3) is 6.21. The van der Waals surface area contributed by atoms with Gasteiger partial charge in [0.15, 0.2) is 5.78 Å². The van der Waals surface area contributed by atoms with Crippen molar-refractivity contribution in [2.45, 2.75) is 57.5 Å². The number of ether oxygens (including phenoxy) is 1. The maximum Gasteiger partial charge on any atom is 0.248 e. The van der Waals surface area contributed by atoms with Gasteiger partial charge in [-0.05, 0) is 61.0 Å². The molecule has 1 fully saturated rings. The van der Waals surface area contributed by atoms with Crippen LogP contribution in [0.15, 0.2) is 66.0 Å². The van der Waals surface area contributed by atoms with E-state index in [1.165, 1.54) is 24.7 Å². The quantitative estimate of drug-likeness (QED) is 0.378. The Morgan fingerprint density at radius 3 is 2.42 bits per heavy atom. The number of methoxy groups -OCH3 is 1. The van der Waals surface area contributed by atoms with Crippen LogP contribution in [0.5, 0.6) is 5.75 Å². The number of rotatable bonds is 9. The molecule has 0 radical (unpaired) electrons. The van der Waals surface area contributed by atoms with Crippen molar-refractivity contribution in [3.05, 3.63) is 82.0 Å². The molecule has 1 aromatic heterocycles. The Morgan fingerprint density at radius 1 is 1.03 bits per heavy atom. The van der Waals surface area contributed by atoms with Crippen molar-refractivity contribution in [3.8, 4) is 5.75 Å². The number of Topliss-reactive ketones (excluding diaryl/α,β-unsaturated/α-hetero) is 1. The molecule has 1 aliphatic carbocycles. The first-order valence-corrected chi connectivity index (χ1v) is 13.2. The van der Waals surface area contributed by atoms with Gasteiger partial charge in [-0.25, -0.2) is 0 Å². The van der Waals surface area contributed by atoms with Crippen LogP contribution in [0.25, 0.3) is 0 Å². The predicted octanol–water partition coefficient (Wildman–Crippen LogP) is 5.73. The van der Waals surface area contributed by atoms with Crippen molar-refractivity contribution in [2.24, 2.45) is 0 Å². The maximum atomic E-state index is 13.9. The van der Waals surface area contributed by atoms with Gasteiger partial charge in [-0.15, -0.1) is 11.3 Å². The Labute approximate surface area is 216 Å². The Balaban J connectivity index is 1.78. The number of benzene rings is 2. The molecular formula is C29H32N2O4S. The minimum absolute atomic E-state index is 0.0878. The molecule has 6 nitrogen and oxygen atoms in total. The van der Waals surface area contributed by atoms with E-state index in [1.807, 2.05) is 29.6 Å². The summed E-state index contributed by atoms with van der Waals surface area (Å²) in [5, 5.41) is 5.15. The van der Waals surface area contributed by atoms with Crippen LogP contribution in [-0.2, 0) is 16.0 Å². The summed E-state index contributed by atoms with van der Waals surface area (Å²) in [5.74, 6) is 0.132. The van der Waals surface area contributed by atoms with Crippen molar-refractivity contribution >= 4 is 34.6 Å². The van der Waals surface area contributed by atoms with E-state index < -0.39 is 6.04 Å². The van der Waals surface area contributed by atoms with Crippen LogP contribution in [0.3, 0.4) is 0 Å². The lowest BCUT2D eigenvalue weighted by atomic mass is 9.94. The topological polar surface area (TPSA) is 75.7 Å². The van der Waals surface area contributed by atoms with E-state index in [-0.39, 0.29) is 30.1 Å². The van der Waals surface area contributed by atoms with Gasteiger partial charge in [-0.3, -0.25) is 19.3 Å². The molecule has 1 saturated carbocycles. The zero-order valence-electron chi connectivity index (χ0n) is 20.7. The Bertz CT molecular complexity index is 1180. The summed E-state index contributed by atoms with van der Waals surface area (Å²) in [4.78, 5) is 42.4. The number of nitrogens with zero attached hydrogens (tertiary/aromatic N) is 1. The molecule has 0 aliphatic heterocycles. The smallest absolute Gasteiger partial charge is 0.248 e. The van der Waals surface area contributed by atoms with Crippen LogP contribution >= 0.6 is 11.3 Å². The van der Waals surface area contributed by atoms with E-state index in [0.717, 1.165) is 30.6 Å². The third-order valence-corrected chi connectivity index (χ3v) is 7.47. The minimum atomic E-state index is -0.896. The number of thiophene rings is 1. The zero-order valence-corrected chi connectivity index (χ0v) is 21.6. The van der Waals surface area contributed by atoms with Crippen molar-refractivity contribution < 1.29 is 19.1 Å². The molecule has 36 heavy (non-hydrogen) atoms. The van der Waals surface area contributed by atoms with Crippen LogP contribution in [0.4, 0.5) is 5.69 Å². The van der Waals surface area contributed by atoms with Crippen LogP contribution in [0.2, 0.25) is 0 Å². The Hall–Kier alpha value is -3.45. The first-order chi connectivity index (χ1) is 17.5. The van der Waals surface area contributed by atoms with Gasteiger partial charge < -0.3 is 10.1 Å². The number of ketones is 1. The lowest BCUT2D eigenvalue weighted by Crippen LogP contribution is -2.47. The number of carbonyl (C=O) groups is 3. The summed E-state index contributed by atoms with van der Waals surface area (Å²) >= 11 is 1.50. The van der Waals surface area contributed by atoms with Crippen LogP contribution in [0.1, 0.15) is 65.9 Å². The van der Waals surface area contributed by atoms with E-state index in [0.29, 0.717) is 22.6 Å². The Kier molecular flexibility index (Phi) is 8.54. The highest BCUT2D eigenvalue weighted by atomic mass is 32.1. The first-order valence-electron chi connectivity index (χ1n) is 12.4. The van der Waals surface area contributed by atoms with Gasteiger partial charge in [0.05, 0.1) is 13.5 Å². The molecular weight excluding hydrogens is 472 g/mol. The second-order valence-electron chi connectivity index (χ2n) is 9.15. The average molecular weight is 505 g/mol. The standard InChI is InChI=1S/C29H32N2O4S/c1-20(32)22-8-6-11-24(18-22)31(27(33)19-26-12-7-17-36-26)28(21-13-15-25(35-2)16-14-21)29(34)30-23-9-4-3-5-10-23/h6-8,11-18,23,28H,3-5,9-10,19H2,1-2H3,(H,30,34)/t28-/m1/s1. The molecule has 1 heterocycles. The SMILES string of the molecule is COc1ccc([C@H](C(=O)NC2CCCCC2)N(C(=O)Cc2cccs2)c2cccc(C(C)=O)c2)cc1. The van der Waals surface area contributed by atoms with Crippen molar-refractivity contribution in [1.82, 2.24) is 5.32 Å². The minimum Gasteiger partial charge on any atom is -0.497 e. The third-order valence-electron chi connectivity index (χ3n) is 6.59. The maximum absolute atomic E-state index is 13.9. The lowest BCUT2D eigenvalue weighted by molar-refractivity contribution is -0.127. The summed E-state index contributed by atoms with van der Waals surface area (Å²) in [6.45, 7) is 1.49. The number of hydrogen-bond donors (Lipinski definition) is 1. The molecule has 1 N–H and O–H groups in total. The highest BCUT2D eigenvalue weighted by Gasteiger charge is 2.34. The van der Waals surface area contributed by atoms with Gasteiger partial charge in [-0.1, -0.05) is 49.6 Å². The largest absolute Gasteiger partial charge is 0.497 e. The van der Waals surface area contributed by atoms with Gasteiger partial charge in [0.1, 0.15) is 11.8 Å². The van der Waals surface area contributed by atoms with Crippen molar-refractivity contribution in [3.63, 3.8) is 0 Å². The fraction of sp³-hybridized carbons (Fsp3) is 0.345. The summed E-state index contributed by atoms with van der Waals surface area (Å²) in [6, 6.07) is 17.2. The molecule has 1 atom stereocenters. The molecule has 1 aliphatic rings. The molecule has 188 valence electrons. The molecule has 7 heteroatoms. The molecule has 2 amide bonds.